The molecule has 3 N–H and O–H groups in total. The highest BCUT2D eigenvalue weighted by molar-refractivity contribution is 6.31. The maximum absolute atomic E-state index is 13.7. The summed E-state index contributed by atoms with van der Waals surface area (Å²) in [5, 5.41) is 34.2. The summed E-state index contributed by atoms with van der Waals surface area (Å²) >= 11 is 0. The van der Waals surface area contributed by atoms with Gasteiger partial charge >= 0.3 is 0 Å². The maximum atomic E-state index is 13.7. The van der Waals surface area contributed by atoms with Crippen LogP contribution in [0, 0.1) is 5.92 Å². The average Bonchev–Trinajstić information content (AvgIpc) is 2.87. The Morgan fingerprint density at radius 1 is 1.05 bits per heavy atom. The maximum Gasteiger partial charge on any atom is 0.202 e. The first-order chi connectivity index (χ1) is 18.1. The molecule has 3 aliphatic rings. The molecular weight excluding hydrogens is 528 g/mol. The second kappa shape index (κ2) is 10.9. The van der Waals surface area contributed by atoms with E-state index in [4.69, 9.17) is 14.2 Å². The molecule has 4 unspecified atom stereocenters. The van der Waals surface area contributed by atoms with Gasteiger partial charge in [0, 0.05) is 36.1 Å². The molecule has 39 heavy (non-hydrogen) atoms. The lowest BCUT2D eigenvalue weighted by Crippen LogP contribution is -2.45. The standard InChI is InChI=1S/C29H32O9.ClH/c1-14-6-4-7-16(13-37-12-14)38-20-11-29(35,15(2)30)10-18-22(20)28(34)24-23(26(18)32)25(31)17-8-5-9-19(36-3)21(17)27(24)33;/h5,8-9,14,16,20,32,34-35H,4,6-7,10-13H2,1-3H3;1H. The van der Waals surface area contributed by atoms with Crippen molar-refractivity contribution in [1.29, 1.82) is 0 Å². The number of hydrogen-bond donors (Lipinski definition) is 3. The smallest absolute Gasteiger partial charge is 0.202 e. The third-order valence-corrected chi connectivity index (χ3v) is 8.02. The molecule has 0 aromatic heterocycles. The Bertz CT molecular complexity index is 1330. The zero-order valence-electron chi connectivity index (χ0n) is 22.1. The van der Waals surface area contributed by atoms with Gasteiger partial charge in [-0.3, -0.25) is 14.4 Å². The van der Waals surface area contributed by atoms with Gasteiger partial charge in [0.1, 0.15) is 22.8 Å². The van der Waals surface area contributed by atoms with Gasteiger partial charge in [-0.05, 0) is 31.7 Å². The molecule has 210 valence electrons. The Balaban J connectivity index is 0.00000353. The number of benzene rings is 2. The molecular formula is C29H33ClO9. The van der Waals surface area contributed by atoms with Crippen molar-refractivity contribution in [1.82, 2.24) is 0 Å². The van der Waals surface area contributed by atoms with Crippen molar-refractivity contribution in [3.63, 3.8) is 0 Å². The van der Waals surface area contributed by atoms with Crippen molar-refractivity contribution < 1.29 is 43.9 Å². The van der Waals surface area contributed by atoms with E-state index in [1.807, 2.05) is 0 Å². The van der Waals surface area contributed by atoms with E-state index in [9.17, 15) is 29.7 Å². The van der Waals surface area contributed by atoms with Gasteiger partial charge in [-0.1, -0.05) is 25.5 Å². The lowest BCUT2D eigenvalue weighted by Gasteiger charge is -2.40. The number of ether oxygens (including phenoxy) is 3. The summed E-state index contributed by atoms with van der Waals surface area (Å²) in [7, 11) is 1.37. The van der Waals surface area contributed by atoms with Gasteiger partial charge in [-0.15, -0.1) is 12.4 Å². The van der Waals surface area contributed by atoms with E-state index in [1.54, 1.807) is 12.1 Å². The van der Waals surface area contributed by atoms with Gasteiger partial charge in [0.05, 0.1) is 42.6 Å². The number of halogens is 1. The van der Waals surface area contributed by atoms with Crippen LogP contribution in [0.1, 0.15) is 88.6 Å². The summed E-state index contributed by atoms with van der Waals surface area (Å²) in [5.74, 6) is -2.33. The molecule has 9 nitrogen and oxygen atoms in total. The second-order valence-electron chi connectivity index (χ2n) is 10.7. The predicted molar refractivity (Wildman–Crippen MR) is 142 cm³/mol. The molecule has 0 bridgehead atoms. The minimum Gasteiger partial charge on any atom is -0.507 e. The average molecular weight is 561 g/mol. The van der Waals surface area contributed by atoms with Crippen LogP contribution in [0.4, 0.5) is 0 Å². The normalized spacial score (nSPS) is 26.3. The van der Waals surface area contributed by atoms with E-state index in [0.717, 1.165) is 12.8 Å². The third kappa shape index (κ3) is 4.82. The zero-order chi connectivity index (χ0) is 27.4. The van der Waals surface area contributed by atoms with E-state index in [-0.39, 0.29) is 71.0 Å². The molecule has 0 saturated carbocycles. The van der Waals surface area contributed by atoms with Crippen molar-refractivity contribution >= 4 is 29.8 Å². The fraction of sp³-hybridized carbons (Fsp3) is 0.483. The topological polar surface area (TPSA) is 140 Å². The number of aromatic hydroxyl groups is 2. The highest BCUT2D eigenvalue weighted by atomic mass is 35.5. The molecule has 0 amide bonds. The Labute approximate surface area is 232 Å². The van der Waals surface area contributed by atoms with Crippen molar-refractivity contribution in [2.75, 3.05) is 20.3 Å². The number of aliphatic hydroxyl groups is 1. The first kappa shape index (κ1) is 29.0. The van der Waals surface area contributed by atoms with Gasteiger partial charge in [0.25, 0.3) is 0 Å². The highest BCUT2D eigenvalue weighted by Crippen LogP contribution is 2.52. The molecule has 2 aliphatic carbocycles. The molecule has 1 saturated heterocycles. The molecule has 5 rings (SSSR count). The van der Waals surface area contributed by atoms with Crippen LogP contribution in [0.2, 0.25) is 0 Å². The Morgan fingerprint density at radius 3 is 2.46 bits per heavy atom. The minimum atomic E-state index is -1.89. The lowest BCUT2D eigenvalue weighted by molar-refractivity contribution is -0.146. The number of hydrogen-bond acceptors (Lipinski definition) is 9. The summed E-state index contributed by atoms with van der Waals surface area (Å²) in [4.78, 5) is 39.7. The fourth-order valence-corrected chi connectivity index (χ4v) is 5.90. The SMILES string of the molecule is COc1cccc2c1C(=O)c1c(O)c3c(c(O)c1C2=O)CC(O)(C(C)=O)CC3OC1CCCC(C)COC1.Cl. The van der Waals surface area contributed by atoms with Gasteiger partial charge in [-0.25, -0.2) is 0 Å². The number of fused-ring (bicyclic) bond motifs is 3. The number of phenolic OH excluding ortho intramolecular Hbond substituents is 2. The van der Waals surface area contributed by atoms with E-state index in [0.29, 0.717) is 18.9 Å². The summed E-state index contributed by atoms with van der Waals surface area (Å²) in [6.45, 7) is 4.22. The first-order valence-electron chi connectivity index (χ1n) is 12.9. The molecule has 0 spiro atoms. The summed E-state index contributed by atoms with van der Waals surface area (Å²) in [6, 6.07) is 4.54. The van der Waals surface area contributed by atoms with Crippen LogP contribution in [0.25, 0.3) is 0 Å². The van der Waals surface area contributed by atoms with Gasteiger partial charge in [-0.2, -0.15) is 0 Å². The van der Waals surface area contributed by atoms with Gasteiger partial charge in [0.15, 0.2) is 11.6 Å². The number of carbonyl (C=O) groups is 3. The van der Waals surface area contributed by atoms with Crippen LogP contribution < -0.4 is 4.74 Å². The van der Waals surface area contributed by atoms with Crippen molar-refractivity contribution in [3.8, 4) is 17.2 Å². The molecule has 1 fully saturated rings. The number of methoxy groups -OCH3 is 1. The molecule has 10 heteroatoms. The van der Waals surface area contributed by atoms with Crippen molar-refractivity contribution in [3.05, 3.63) is 51.6 Å². The Kier molecular flexibility index (Phi) is 8.10. The quantitative estimate of drug-likeness (QED) is 0.406. The van der Waals surface area contributed by atoms with Crippen LogP contribution in [0.15, 0.2) is 18.2 Å². The molecule has 2 aromatic carbocycles. The number of ketones is 3. The summed E-state index contributed by atoms with van der Waals surface area (Å²) in [6.07, 6.45) is 0.550. The van der Waals surface area contributed by atoms with Crippen molar-refractivity contribution in [2.45, 2.75) is 63.8 Å². The molecule has 0 radical (unpaired) electrons. The largest absolute Gasteiger partial charge is 0.507 e. The van der Waals surface area contributed by atoms with E-state index in [1.165, 1.54) is 20.1 Å². The number of carbonyl (C=O) groups excluding carboxylic acids is 3. The van der Waals surface area contributed by atoms with Crippen LogP contribution in [0.3, 0.4) is 0 Å². The molecule has 1 aliphatic heterocycles. The third-order valence-electron chi connectivity index (χ3n) is 8.02. The molecule has 2 aromatic rings. The Morgan fingerprint density at radius 2 is 1.77 bits per heavy atom. The van der Waals surface area contributed by atoms with Crippen LogP contribution >= 0.6 is 12.4 Å². The summed E-state index contributed by atoms with van der Waals surface area (Å²) < 4.78 is 17.4. The predicted octanol–water partition coefficient (Wildman–Crippen LogP) is 3.83. The lowest BCUT2D eigenvalue weighted by atomic mass is 9.72. The van der Waals surface area contributed by atoms with E-state index >= 15 is 0 Å². The first-order valence-corrected chi connectivity index (χ1v) is 12.9. The van der Waals surface area contributed by atoms with Crippen LogP contribution in [-0.4, -0.2) is 64.7 Å². The van der Waals surface area contributed by atoms with Crippen LogP contribution in [-0.2, 0) is 20.7 Å². The van der Waals surface area contributed by atoms with E-state index in [2.05, 4.69) is 6.92 Å². The molecule has 1 heterocycles. The molecule has 4 atom stereocenters. The van der Waals surface area contributed by atoms with Gasteiger partial charge < -0.3 is 29.5 Å². The van der Waals surface area contributed by atoms with Gasteiger partial charge in [0.2, 0.25) is 5.78 Å². The highest BCUT2D eigenvalue weighted by Gasteiger charge is 2.48. The second-order valence-corrected chi connectivity index (χ2v) is 10.7. The Hall–Kier alpha value is -2.98. The fourth-order valence-electron chi connectivity index (χ4n) is 5.90. The van der Waals surface area contributed by atoms with Crippen LogP contribution in [0.5, 0.6) is 17.2 Å². The number of rotatable bonds is 4. The minimum absolute atomic E-state index is 0. The number of phenols is 2. The van der Waals surface area contributed by atoms with Crippen molar-refractivity contribution in [2.24, 2.45) is 5.92 Å². The van der Waals surface area contributed by atoms with E-state index < -0.39 is 46.7 Å². The monoisotopic (exact) mass is 560 g/mol. The number of Topliss-reactive ketones (excluding diaryl/α,β-unsaturated/α-hetero) is 1. The zero-order valence-corrected chi connectivity index (χ0v) is 22.9. The summed E-state index contributed by atoms with van der Waals surface area (Å²) in [5.41, 5.74) is -2.45.